The van der Waals surface area contributed by atoms with Gasteiger partial charge in [0.05, 0.1) is 13.2 Å². The fourth-order valence-corrected chi connectivity index (χ4v) is 8.97. The molecule has 0 N–H and O–H groups in total. The van der Waals surface area contributed by atoms with Crippen molar-refractivity contribution < 1.29 is 27.9 Å². The summed E-state index contributed by atoms with van der Waals surface area (Å²) < 4.78 is 23.5. The number of ether oxygens (including phenoxy) is 2. The van der Waals surface area contributed by atoms with Crippen LogP contribution in [0.5, 0.6) is 0 Å². The molecule has 28 heavy (non-hydrogen) atoms. The lowest BCUT2D eigenvalue weighted by molar-refractivity contribution is -0.170. The Bertz CT molecular complexity index is 405. The minimum atomic E-state index is -2.18. The fraction of sp³-hybridized carbons (Fsp3) is 0.900. The van der Waals surface area contributed by atoms with Crippen LogP contribution < -0.4 is 0 Å². The molecule has 0 amide bonds. The molecule has 0 saturated heterocycles. The van der Waals surface area contributed by atoms with Crippen LogP contribution in [0.15, 0.2) is 0 Å². The second-order valence-corrected chi connectivity index (χ2v) is 16.5. The average Bonchev–Trinajstić information content (AvgIpc) is 2.72. The van der Waals surface area contributed by atoms with E-state index in [4.69, 9.17) is 18.3 Å². The van der Waals surface area contributed by atoms with E-state index in [0.29, 0.717) is 0 Å². The van der Waals surface area contributed by atoms with Crippen molar-refractivity contribution in [1.82, 2.24) is 0 Å². The molecule has 8 heteroatoms. The van der Waals surface area contributed by atoms with Crippen molar-refractivity contribution in [3.63, 3.8) is 0 Å². The van der Waals surface area contributed by atoms with Gasteiger partial charge in [-0.3, -0.25) is 0 Å². The van der Waals surface area contributed by atoms with Gasteiger partial charge >= 0.3 is 11.9 Å². The Kier molecular flexibility index (Phi) is 13.2. The molecule has 0 aliphatic rings. The van der Waals surface area contributed by atoms with Crippen molar-refractivity contribution in [2.24, 2.45) is 0 Å². The summed E-state index contributed by atoms with van der Waals surface area (Å²) in [6.45, 7) is 16.5. The first kappa shape index (κ1) is 27.3. The van der Waals surface area contributed by atoms with Crippen molar-refractivity contribution in [3.05, 3.63) is 0 Å². The largest absolute Gasteiger partial charge is 0.464 e. The lowest BCUT2D eigenvalue weighted by atomic mass is 10.2. The van der Waals surface area contributed by atoms with Crippen LogP contribution in [0.2, 0.25) is 36.3 Å². The number of carbonyl (C=O) groups is 2. The van der Waals surface area contributed by atoms with Crippen molar-refractivity contribution in [2.45, 2.75) is 104 Å². The zero-order valence-corrected chi connectivity index (χ0v) is 21.3. The molecular weight excluding hydrogens is 392 g/mol. The molecule has 0 radical (unpaired) electrons. The van der Waals surface area contributed by atoms with Crippen LogP contribution in [-0.2, 0) is 27.9 Å². The second-order valence-electron chi connectivity index (χ2n) is 7.07. The number of hydrogen-bond donors (Lipinski definition) is 0. The van der Waals surface area contributed by atoms with Crippen LogP contribution in [0.1, 0.15) is 55.4 Å². The van der Waals surface area contributed by atoms with E-state index in [9.17, 15) is 9.59 Å². The maximum atomic E-state index is 12.9. The minimum Gasteiger partial charge on any atom is -0.464 e. The van der Waals surface area contributed by atoms with E-state index in [1.807, 2.05) is 0 Å². The van der Waals surface area contributed by atoms with Crippen LogP contribution in [0.4, 0.5) is 0 Å². The SMILES string of the molecule is CCOC(=O)C(O[Si](CC)(CC)CC)C(O[Si](CC)(CC)CC)C(=O)OCC. The molecular formula is C20H42O6Si2. The van der Waals surface area contributed by atoms with Crippen LogP contribution in [0.25, 0.3) is 0 Å². The van der Waals surface area contributed by atoms with E-state index in [-0.39, 0.29) is 13.2 Å². The van der Waals surface area contributed by atoms with Gasteiger partial charge in [-0.05, 0) is 50.1 Å². The van der Waals surface area contributed by atoms with Crippen LogP contribution >= 0.6 is 0 Å². The van der Waals surface area contributed by atoms with E-state index in [1.165, 1.54) is 0 Å². The van der Waals surface area contributed by atoms with Crippen molar-refractivity contribution in [1.29, 1.82) is 0 Å². The van der Waals surface area contributed by atoms with E-state index >= 15 is 0 Å². The van der Waals surface area contributed by atoms with Crippen molar-refractivity contribution in [3.8, 4) is 0 Å². The summed E-state index contributed by atoms with van der Waals surface area (Å²) in [7, 11) is -4.37. The molecule has 0 aliphatic carbocycles. The quantitative estimate of drug-likeness (QED) is 0.270. The Morgan fingerprint density at radius 3 is 1.00 bits per heavy atom. The highest BCUT2D eigenvalue weighted by molar-refractivity contribution is 6.74. The highest BCUT2D eigenvalue weighted by Gasteiger charge is 2.47. The first-order valence-corrected chi connectivity index (χ1v) is 16.0. The van der Waals surface area contributed by atoms with Crippen molar-refractivity contribution in [2.75, 3.05) is 13.2 Å². The zero-order valence-electron chi connectivity index (χ0n) is 19.3. The Morgan fingerprint density at radius 2 is 0.821 bits per heavy atom. The number of rotatable bonds is 15. The third-order valence-electron chi connectivity index (χ3n) is 5.93. The van der Waals surface area contributed by atoms with Gasteiger partial charge in [0, 0.05) is 0 Å². The van der Waals surface area contributed by atoms with Gasteiger partial charge in [-0.25, -0.2) is 9.59 Å². The summed E-state index contributed by atoms with van der Waals surface area (Å²) in [5.41, 5.74) is 0. The average molecular weight is 435 g/mol. The van der Waals surface area contributed by atoms with Gasteiger partial charge in [-0.2, -0.15) is 0 Å². The molecule has 0 aromatic carbocycles. The monoisotopic (exact) mass is 434 g/mol. The molecule has 166 valence electrons. The lowest BCUT2D eigenvalue weighted by Gasteiger charge is -2.38. The smallest absolute Gasteiger partial charge is 0.337 e. The van der Waals surface area contributed by atoms with E-state index in [1.54, 1.807) is 13.8 Å². The zero-order chi connectivity index (χ0) is 21.8. The van der Waals surface area contributed by atoms with E-state index < -0.39 is 40.8 Å². The predicted molar refractivity (Wildman–Crippen MR) is 117 cm³/mol. The van der Waals surface area contributed by atoms with Gasteiger partial charge in [0.15, 0.2) is 28.8 Å². The third-order valence-corrected chi connectivity index (χ3v) is 15.2. The first-order valence-electron chi connectivity index (χ1n) is 11.0. The molecule has 0 bridgehead atoms. The maximum absolute atomic E-state index is 12.9. The second kappa shape index (κ2) is 13.5. The molecule has 0 aromatic rings. The summed E-state index contributed by atoms with van der Waals surface area (Å²) >= 11 is 0. The fourth-order valence-electron chi connectivity index (χ4n) is 3.45. The van der Waals surface area contributed by atoms with E-state index in [0.717, 1.165) is 36.3 Å². The highest BCUT2D eigenvalue weighted by Crippen LogP contribution is 2.30. The molecule has 2 atom stereocenters. The third kappa shape index (κ3) is 7.28. The maximum Gasteiger partial charge on any atom is 0.337 e. The number of esters is 2. The normalized spacial score (nSPS) is 14.4. The first-order chi connectivity index (χ1) is 13.3. The Labute approximate surface area is 173 Å². The Balaban J connectivity index is 6.13. The van der Waals surface area contributed by atoms with Crippen LogP contribution in [0, 0.1) is 0 Å². The number of carbonyl (C=O) groups excluding carboxylic acids is 2. The minimum absolute atomic E-state index is 0.227. The number of hydrogen-bond acceptors (Lipinski definition) is 6. The predicted octanol–water partition coefficient (Wildman–Crippen LogP) is 4.89. The molecule has 0 rings (SSSR count). The van der Waals surface area contributed by atoms with Gasteiger partial charge in [0.2, 0.25) is 0 Å². The molecule has 0 heterocycles. The molecule has 2 unspecified atom stereocenters. The highest BCUT2D eigenvalue weighted by atomic mass is 28.4. The van der Waals surface area contributed by atoms with Gasteiger partial charge in [0.1, 0.15) is 0 Å². The molecule has 0 aliphatic heterocycles. The Hall–Kier alpha value is -0.706. The summed E-state index contributed by atoms with van der Waals surface area (Å²) in [6.07, 6.45) is -2.14. The lowest BCUT2D eigenvalue weighted by Crippen LogP contribution is -2.55. The summed E-state index contributed by atoms with van der Waals surface area (Å²) in [5, 5.41) is 0. The van der Waals surface area contributed by atoms with Gasteiger partial charge in [-0.1, -0.05) is 41.5 Å². The molecule has 6 nitrogen and oxygen atoms in total. The summed E-state index contributed by atoms with van der Waals surface area (Å²) in [4.78, 5) is 25.7. The molecule has 0 spiro atoms. The Morgan fingerprint density at radius 1 is 0.571 bits per heavy atom. The van der Waals surface area contributed by atoms with Gasteiger partial charge in [0.25, 0.3) is 0 Å². The molecule has 0 aromatic heterocycles. The van der Waals surface area contributed by atoms with E-state index in [2.05, 4.69) is 41.5 Å². The van der Waals surface area contributed by atoms with Crippen LogP contribution in [-0.4, -0.2) is 54.0 Å². The van der Waals surface area contributed by atoms with Gasteiger partial charge < -0.3 is 18.3 Å². The summed E-state index contributed by atoms with van der Waals surface area (Å²) in [6, 6.07) is 5.19. The van der Waals surface area contributed by atoms with Crippen molar-refractivity contribution >= 4 is 28.6 Å². The van der Waals surface area contributed by atoms with Crippen LogP contribution in [0.3, 0.4) is 0 Å². The molecule has 0 fully saturated rings. The topological polar surface area (TPSA) is 71.1 Å². The standard InChI is InChI=1S/C20H42O6Si2/c1-9-23-19(21)17(25-27(11-3,12-4)13-5)18(20(22)24-10-2)26-28(14-6,15-7)16-8/h17-18H,9-16H2,1-8H3. The van der Waals surface area contributed by atoms with Gasteiger partial charge in [-0.15, -0.1) is 0 Å². The summed E-state index contributed by atoms with van der Waals surface area (Å²) in [5.74, 6) is -1.06. The molecule has 0 saturated carbocycles.